The minimum atomic E-state index is -0.0431. The summed E-state index contributed by atoms with van der Waals surface area (Å²) in [6.07, 6.45) is 0.927. The molecule has 0 aromatic heterocycles. The molecule has 0 aliphatic carbocycles. The summed E-state index contributed by atoms with van der Waals surface area (Å²) < 4.78 is 0.872. The van der Waals surface area contributed by atoms with Gasteiger partial charge in [0.15, 0.2) is 0 Å². The molecular weight excluding hydrogens is 357 g/mol. The highest BCUT2D eigenvalue weighted by atomic mass is 79.9. The highest BCUT2D eigenvalue weighted by Crippen LogP contribution is 2.22. The van der Waals surface area contributed by atoms with Gasteiger partial charge in [-0.25, -0.2) is 0 Å². The van der Waals surface area contributed by atoms with Crippen molar-refractivity contribution in [1.82, 2.24) is 4.90 Å². The van der Waals surface area contributed by atoms with E-state index in [1.807, 2.05) is 6.07 Å². The van der Waals surface area contributed by atoms with Gasteiger partial charge < -0.3 is 4.90 Å². The summed E-state index contributed by atoms with van der Waals surface area (Å²) in [5.41, 5.74) is 0.543. The zero-order chi connectivity index (χ0) is 12.1. The molecule has 0 N–H and O–H groups in total. The Morgan fingerprint density at radius 2 is 2.19 bits per heavy atom. The van der Waals surface area contributed by atoms with Crippen LogP contribution < -0.4 is 0 Å². The van der Waals surface area contributed by atoms with Gasteiger partial charge in [-0.05, 0) is 24.6 Å². The molecule has 5 heteroatoms. The Morgan fingerprint density at radius 1 is 1.50 bits per heavy atom. The number of rotatable bonds is 4. The minimum Gasteiger partial charge on any atom is -0.342 e. The Kier molecular flexibility index (Phi) is 5.79. The molecule has 88 valence electrons. The summed E-state index contributed by atoms with van der Waals surface area (Å²) in [5.74, 6) is -0.0431. The third kappa shape index (κ3) is 3.75. The van der Waals surface area contributed by atoms with E-state index < -0.39 is 0 Å². The van der Waals surface area contributed by atoms with Crippen molar-refractivity contribution in [2.45, 2.75) is 6.42 Å². The van der Waals surface area contributed by atoms with Crippen molar-refractivity contribution < 1.29 is 4.79 Å². The number of hydrogen-bond acceptors (Lipinski definition) is 1. The number of carbonyl (C=O) groups is 1. The van der Waals surface area contributed by atoms with Crippen LogP contribution in [-0.2, 0) is 0 Å². The number of hydrogen-bond donors (Lipinski definition) is 0. The molecule has 0 radical (unpaired) electrons. The van der Waals surface area contributed by atoms with Gasteiger partial charge in [-0.2, -0.15) is 0 Å². The minimum absolute atomic E-state index is 0.0431. The second kappa shape index (κ2) is 6.62. The summed E-state index contributed by atoms with van der Waals surface area (Å²) in [7, 11) is 1.78. The van der Waals surface area contributed by atoms with E-state index >= 15 is 0 Å². The molecule has 0 heterocycles. The fraction of sp³-hybridized carbons (Fsp3) is 0.364. The van der Waals surface area contributed by atoms with Crippen LogP contribution in [0.3, 0.4) is 0 Å². The zero-order valence-corrected chi connectivity index (χ0v) is 12.8. The van der Waals surface area contributed by atoms with Gasteiger partial charge in [0.2, 0.25) is 0 Å². The number of halogens is 3. The Morgan fingerprint density at radius 3 is 2.75 bits per heavy atom. The van der Waals surface area contributed by atoms with Crippen LogP contribution in [0.2, 0.25) is 5.02 Å². The fourth-order valence-corrected chi connectivity index (χ4v) is 2.27. The molecule has 1 aromatic carbocycles. The molecule has 0 aliphatic rings. The maximum absolute atomic E-state index is 12.0. The van der Waals surface area contributed by atoms with E-state index in [1.54, 1.807) is 24.1 Å². The van der Waals surface area contributed by atoms with Crippen LogP contribution in [0.15, 0.2) is 22.7 Å². The highest BCUT2D eigenvalue weighted by Gasteiger charge is 2.14. The lowest BCUT2D eigenvalue weighted by atomic mass is 10.2. The lowest BCUT2D eigenvalue weighted by molar-refractivity contribution is 0.0796. The fourth-order valence-electron chi connectivity index (χ4n) is 1.27. The molecule has 2 nitrogen and oxygen atoms in total. The quantitative estimate of drug-likeness (QED) is 0.736. The first-order chi connectivity index (χ1) is 7.56. The molecule has 1 aromatic rings. The molecule has 0 atom stereocenters. The van der Waals surface area contributed by atoms with E-state index in [0.29, 0.717) is 10.6 Å². The van der Waals surface area contributed by atoms with Gasteiger partial charge >= 0.3 is 0 Å². The highest BCUT2D eigenvalue weighted by molar-refractivity contribution is 9.10. The molecule has 0 bridgehead atoms. The van der Waals surface area contributed by atoms with Gasteiger partial charge in [-0.1, -0.05) is 43.5 Å². The lowest BCUT2D eigenvalue weighted by Gasteiger charge is -2.17. The third-order valence-electron chi connectivity index (χ3n) is 2.14. The average Bonchev–Trinajstić information content (AvgIpc) is 2.25. The smallest absolute Gasteiger partial charge is 0.255 e. The van der Waals surface area contributed by atoms with Crippen molar-refractivity contribution in [3.63, 3.8) is 0 Å². The number of nitrogens with zero attached hydrogens (tertiary/aromatic N) is 1. The van der Waals surface area contributed by atoms with Gasteiger partial charge in [0.1, 0.15) is 0 Å². The SMILES string of the molecule is CN(CCCBr)C(=O)c1ccc(Br)cc1Cl. The van der Waals surface area contributed by atoms with E-state index in [0.717, 1.165) is 22.8 Å². The first-order valence-electron chi connectivity index (χ1n) is 4.82. The largest absolute Gasteiger partial charge is 0.342 e. The van der Waals surface area contributed by atoms with Gasteiger partial charge in [-0.15, -0.1) is 0 Å². The Bertz CT molecular complexity index is 384. The van der Waals surface area contributed by atoms with Gasteiger partial charge in [0.05, 0.1) is 10.6 Å². The summed E-state index contributed by atoms with van der Waals surface area (Å²) in [4.78, 5) is 13.7. The number of benzene rings is 1. The van der Waals surface area contributed by atoms with Crippen molar-refractivity contribution in [2.24, 2.45) is 0 Å². The predicted octanol–water partition coefficient (Wildman–Crippen LogP) is 3.96. The third-order valence-corrected chi connectivity index (χ3v) is 3.50. The van der Waals surface area contributed by atoms with Crippen molar-refractivity contribution in [3.05, 3.63) is 33.3 Å². The molecule has 0 fully saturated rings. The van der Waals surface area contributed by atoms with Gasteiger partial charge in [-0.3, -0.25) is 4.79 Å². The number of amides is 1. The maximum Gasteiger partial charge on any atom is 0.255 e. The first-order valence-corrected chi connectivity index (χ1v) is 7.12. The normalized spacial score (nSPS) is 10.2. The summed E-state index contributed by atoms with van der Waals surface area (Å²) >= 11 is 12.7. The Balaban J connectivity index is 2.79. The van der Waals surface area contributed by atoms with Crippen LogP contribution in [0.25, 0.3) is 0 Å². The van der Waals surface area contributed by atoms with E-state index in [2.05, 4.69) is 31.9 Å². The standard InChI is InChI=1S/C11H12Br2ClNO/c1-15(6-2-5-12)11(16)9-4-3-8(13)7-10(9)14/h3-4,7H,2,5-6H2,1H3. The van der Waals surface area contributed by atoms with E-state index in [4.69, 9.17) is 11.6 Å². The first kappa shape index (κ1) is 14.0. The molecule has 1 amide bonds. The van der Waals surface area contributed by atoms with Crippen molar-refractivity contribution in [3.8, 4) is 0 Å². The van der Waals surface area contributed by atoms with Crippen LogP contribution in [-0.4, -0.2) is 29.7 Å². The van der Waals surface area contributed by atoms with Crippen LogP contribution in [0.4, 0.5) is 0 Å². The maximum atomic E-state index is 12.0. The monoisotopic (exact) mass is 367 g/mol. The Hall–Kier alpha value is -0.0600. The van der Waals surface area contributed by atoms with Crippen molar-refractivity contribution >= 4 is 49.4 Å². The van der Waals surface area contributed by atoms with Gasteiger partial charge in [0, 0.05) is 23.4 Å². The predicted molar refractivity (Wildman–Crippen MR) is 74.5 cm³/mol. The van der Waals surface area contributed by atoms with E-state index in [9.17, 15) is 4.79 Å². The molecule has 0 saturated heterocycles. The summed E-state index contributed by atoms with van der Waals surface area (Å²) in [5, 5.41) is 1.36. The molecule has 0 saturated carbocycles. The van der Waals surface area contributed by atoms with E-state index in [1.165, 1.54) is 0 Å². The van der Waals surface area contributed by atoms with Crippen LogP contribution in [0.5, 0.6) is 0 Å². The molecule has 16 heavy (non-hydrogen) atoms. The van der Waals surface area contributed by atoms with Crippen LogP contribution in [0, 0.1) is 0 Å². The van der Waals surface area contributed by atoms with Crippen LogP contribution in [0.1, 0.15) is 16.8 Å². The van der Waals surface area contributed by atoms with Crippen LogP contribution >= 0.6 is 43.5 Å². The van der Waals surface area contributed by atoms with E-state index in [-0.39, 0.29) is 5.91 Å². The molecule has 0 spiro atoms. The summed E-state index contributed by atoms with van der Waals surface area (Å²) in [6.45, 7) is 0.719. The molecular formula is C11H12Br2ClNO. The molecule has 0 aliphatic heterocycles. The second-order valence-electron chi connectivity index (χ2n) is 3.39. The van der Waals surface area contributed by atoms with Gasteiger partial charge in [0.25, 0.3) is 5.91 Å². The number of carbonyl (C=O) groups excluding carboxylic acids is 1. The second-order valence-corrected chi connectivity index (χ2v) is 5.51. The average molecular weight is 369 g/mol. The Labute approximate surface area is 117 Å². The van der Waals surface area contributed by atoms with Crippen molar-refractivity contribution in [2.75, 3.05) is 18.9 Å². The zero-order valence-electron chi connectivity index (χ0n) is 8.84. The molecule has 0 unspecified atom stereocenters. The number of alkyl halides is 1. The lowest BCUT2D eigenvalue weighted by Crippen LogP contribution is -2.28. The molecule has 1 rings (SSSR count). The summed E-state index contributed by atoms with van der Waals surface area (Å²) in [6, 6.07) is 5.28. The topological polar surface area (TPSA) is 20.3 Å². The van der Waals surface area contributed by atoms with Crippen molar-refractivity contribution in [1.29, 1.82) is 0 Å².